The van der Waals surface area contributed by atoms with Crippen molar-refractivity contribution in [2.24, 2.45) is 35.3 Å². The fraction of sp³-hybridized carbons (Fsp3) is 0.857. The Hall–Kier alpha value is -0.900. The van der Waals surface area contributed by atoms with Crippen molar-refractivity contribution >= 4 is 0 Å². The predicted molar refractivity (Wildman–Crippen MR) is 66.5 cm³/mol. The van der Waals surface area contributed by atoms with Gasteiger partial charge in [0.05, 0.1) is 6.04 Å². The molecule has 4 bridgehead atoms. The lowest BCUT2D eigenvalue weighted by molar-refractivity contribution is -0.0503. The highest BCUT2D eigenvalue weighted by molar-refractivity contribution is 5.04. The number of aryl methyl sites for hydroxylation is 1. The van der Waals surface area contributed by atoms with Crippen LogP contribution in [0.2, 0.25) is 0 Å². The van der Waals surface area contributed by atoms with Crippen LogP contribution in [0, 0.1) is 36.5 Å². The smallest absolute Gasteiger partial charge is 0.233 e. The Morgan fingerprint density at radius 2 is 1.67 bits per heavy atom. The molecular weight excluding hydrogens is 226 g/mol. The van der Waals surface area contributed by atoms with Crippen molar-refractivity contribution in [3.05, 3.63) is 11.8 Å². The molecular formula is C14H21N3O. The number of nitrogens with zero attached hydrogens (tertiary/aromatic N) is 2. The van der Waals surface area contributed by atoms with Crippen LogP contribution in [0.5, 0.6) is 0 Å². The quantitative estimate of drug-likeness (QED) is 0.871. The number of aromatic nitrogens is 2. The topological polar surface area (TPSA) is 64.9 Å². The molecule has 1 unspecified atom stereocenters. The molecule has 0 radical (unpaired) electrons. The van der Waals surface area contributed by atoms with Gasteiger partial charge in [-0.2, -0.15) is 0 Å². The molecule has 4 aliphatic rings. The Morgan fingerprint density at radius 1 is 1.06 bits per heavy atom. The van der Waals surface area contributed by atoms with Gasteiger partial charge in [-0.1, -0.05) is 0 Å². The highest BCUT2D eigenvalue weighted by Crippen LogP contribution is 2.58. The molecule has 1 aromatic rings. The summed E-state index contributed by atoms with van der Waals surface area (Å²) in [5.74, 6) is 5.46. The Morgan fingerprint density at radius 3 is 2.17 bits per heavy atom. The summed E-state index contributed by atoms with van der Waals surface area (Å²) in [6.45, 7) is 1.83. The standard InChI is InChI=1S/C14H21N3O/c1-7-16-17-14(18-7)13(15)12-10-3-8-2-9(5-10)6-11(12)4-8/h8-13H,2-6,15H2,1H3. The molecule has 4 fully saturated rings. The highest BCUT2D eigenvalue weighted by Gasteiger charge is 2.50. The molecule has 98 valence electrons. The van der Waals surface area contributed by atoms with Crippen LogP contribution in [0.3, 0.4) is 0 Å². The summed E-state index contributed by atoms with van der Waals surface area (Å²) in [6, 6.07) is -0.0406. The Balaban J connectivity index is 1.61. The van der Waals surface area contributed by atoms with E-state index in [2.05, 4.69) is 10.2 Å². The van der Waals surface area contributed by atoms with E-state index in [1.807, 2.05) is 6.92 Å². The predicted octanol–water partition coefficient (Wildman–Crippen LogP) is 2.45. The van der Waals surface area contributed by atoms with Crippen molar-refractivity contribution in [2.45, 2.75) is 45.1 Å². The molecule has 0 aromatic carbocycles. The van der Waals surface area contributed by atoms with Crippen LogP contribution in [0.25, 0.3) is 0 Å². The largest absolute Gasteiger partial charge is 0.424 e. The normalized spacial score (nSPS) is 43.3. The van der Waals surface area contributed by atoms with Gasteiger partial charge >= 0.3 is 0 Å². The summed E-state index contributed by atoms with van der Waals surface area (Å²) >= 11 is 0. The van der Waals surface area contributed by atoms with E-state index in [9.17, 15) is 0 Å². The van der Waals surface area contributed by atoms with E-state index in [0.29, 0.717) is 17.7 Å². The summed E-state index contributed by atoms with van der Waals surface area (Å²) < 4.78 is 5.55. The van der Waals surface area contributed by atoms with Gasteiger partial charge in [0.25, 0.3) is 0 Å². The maximum absolute atomic E-state index is 6.44. The first-order valence-corrected chi connectivity index (χ1v) is 7.26. The lowest BCUT2D eigenvalue weighted by Crippen LogP contribution is -2.48. The lowest BCUT2D eigenvalue weighted by atomic mass is 9.50. The zero-order valence-corrected chi connectivity index (χ0v) is 10.9. The molecule has 4 aliphatic carbocycles. The molecule has 5 rings (SSSR count). The van der Waals surface area contributed by atoms with Crippen molar-refractivity contribution in [3.8, 4) is 0 Å². The molecule has 1 atom stereocenters. The molecule has 2 N–H and O–H groups in total. The average molecular weight is 247 g/mol. The maximum Gasteiger partial charge on any atom is 0.233 e. The van der Waals surface area contributed by atoms with E-state index in [0.717, 1.165) is 23.7 Å². The molecule has 0 spiro atoms. The fourth-order valence-corrected chi connectivity index (χ4v) is 5.16. The number of rotatable bonds is 2. The van der Waals surface area contributed by atoms with Crippen molar-refractivity contribution < 1.29 is 4.42 Å². The molecule has 1 heterocycles. The van der Waals surface area contributed by atoms with Gasteiger partial charge in [0.15, 0.2) is 0 Å². The van der Waals surface area contributed by atoms with E-state index >= 15 is 0 Å². The first kappa shape index (κ1) is 11.0. The zero-order valence-electron chi connectivity index (χ0n) is 10.9. The third kappa shape index (κ3) is 1.54. The lowest BCUT2D eigenvalue weighted by Gasteiger charge is -2.55. The Labute approximate surface area is 107 Å². The summed E-state index contributed by atoms with van der Waals surface area (Å²) in [4.78, 5) is 0. The van der Waals surface area contributed by atoms with Crippen LogP contribution in [-0.2, 0) is 0 Å². The van der Waals surface area contributed by atoms with Gasteiger partial charge in [0, 0.05) is 6.92 Å². The zero-order chi connectivity index (χ0) is 12.3. The number of hydrogen-bond acceptors (Lipinski definition) is 4. The summed E-state index contributed by atoms with van der Waals surface area (Å²) in [5.41, 5.74) is 6.44. The maximum atomic E-state index is 6.44. The first-order chi connectivity index (χ1) is 8.70. The third-order valence-electron chi connectivity index (χ3n) is 5.54. The SMILES string of the molecule is Cc1nnc(C(N)C2C3CC4CC(C3)CC2C4)o1. The van der Waals surface area contributed by atoms with E-state index in [1.165, 1.54) is 32.1 Å². The van der Waals surface area contributed by atoms with Crippen molar-refractivity contribution in [3.63, 3.8) is 0 Å². The van der Waals surface area contributed by atoms with E-state index in [1.54, 1.807) is 0 Å². The Kier molecular flexibility index (Phi) is 2.31. The first-order valence-electron chi connectivity index (χ1n) is 7.26. The monoisotopic (exact) mass is 247 g/mol. The van der Waals surface area contributed by atoms with Crippen LogP contribution < -0.4 is 5.73 Å². The molecule has 0 amide bonds. The van der Waals surface area contributed by atoms with Crippen LogP contribution in [0.4, 0.5) is 0 Å². The molecule has 0 aliphatic heterocycles. The second-order valence-electron chi connectivity index (χ2n) is 6.69. The van der Waals surface area contributed by atoms with E-state index < -0.39 is 0 Å². The second-order valence-corrected chi connectivity index (χ2v) is 6.69. The fourth-order valence-electron chi connectivity index (χ4n) is 5.16. The molecule has 1 aromatic heterocycles. The van der Waals surface area contributed by atoms with Crippen molar-refractivity contribution in [1.29, 1.82) is 0 Å². The van der Waals surface area contributed by atoms with Crippen LogP contribution >= 0.6 is 0 Å². The van der Waals surface area contributed by atoms with Gasteiger partial charge in [0.1, 0.15) is 0 Å². The van der Waals surface area contributed by atoms with Crippen LogP contribution in [-0.4, -0.2) is 10.2 Å². The van der Waals surface area contributed by atoms with Gasteiger partial charge in [-0.15, -0.1) is 10.2 Å². The second kappa shape index (κ2) is 3.80. The molecule has 4 saturated carbocycles. The summed E-state index contributed by atoms with van der Waals surface area (Å²) in [5, 5.41) is 8.06. The van der Waals surface area contributed by atoms with Crippen molar-refractivity contribution in [1.82, 2.24) is 10.2 Å². The highest BCUT2D eigenvalue weighted by atomic mass is 16.4. The minimum atomic E-state index is -0.0406. The van der Waals surface area contributed by atoms with Crippen LogP contribution in [0.15, 0.2) is 4.42 Å². The minimum Gasteiger partial charge on any atom is -0.424 e. The van der Waals surface area contributed by atoms with Crippen LogP contribution in [0.1, 0.15) is 49.9 Å². The van der Waals surface area contributed by atoms with Gasteiger partial charge in [-0.05, 0) is 61.7 Å². The van der Waals surface area contributed by atoms with Gasteiger partial charge in [0.2, 0.25) is 11.8 Å². The van der Waals surface area contributed by atoms with E-state index in [4.69, 9.17) is 10.2 Å². The molecule has 0 saturated heterocycles. The number of nitrogens with two attached hydrogens (primary N) is 1. The number of hydrogen-bond donors (Lipinski definition) is 1. The summed E-state index contributed by atoms with van der Waals surface area (Å²) in [7, 11) is 0. The van der Waals surface area contributed by atoms with Gasteiger partial charge < -0.3 is 10.2 Å². The van der Waals surface area contributed by atoms with Crippen molar-refractivity contribution in [2.75, 3.05) is 0 Å². The van der Waals surface area contributed by atoms with E-state index in [-0.39, 0.29) is 6.04 Å². The Bertz CT molecular complexity index is 428. The average Bonchev–Trinajstić information content (AvgIpc) is 2.74. The van der Waals surface area contributed by atoms with Gasteiger partial charge in [-0.3, -0.25) is 0 Å². The summed E-state index contributed by atoms with van der Waals surface area (Å²) in [6.07, 6.45) is 7.03. The molecule has 4 heteroatoms. The molecule has 18 heavy (non-hydrogen) atoms. The van der Waals surface area contributed by atoms with Gasteiger partial charge in [-0.25, -0.2) is 0 Å². The molecule has 4 nitrogen and oxygen atoms in total. The minimum absolute atomic E-state index is 0.0406. The third-order valence-corrected chi connectivity index (χ3v) is 5.54.